The van der Waals surface area contributed by atoms with E-state index in [9.17, 15) is 0 Å². The van der Waals surface area contributed by atoms with Gasteiger partial charge in [0.05, 0.1) is 5.41 Å². The molecule has 2 aromatic heterocycles. The van der Waals surface area contributed by atoms with Gasteiger partial charge >= 0.3 is 0 Å². The second kappa shape index (κ2) is 12.9. The van der Waals surface area contributed by atoms with Crippen molar-refractivity contribution in [3.05, 3.63) is 235 Å². The quantitative estimate of drug-likeness (QED) is 0.168. The summed E-state index contributed by atoms with van der Waals surface area (Å²) < 4.78 is 8.99. The number of anilines is 3. The average molecular weight is 758 g/mol. The molecule has 0 saturated heterocycles. The van der Waals surface area contributed by atoms with Gasteiger partial charge in [-0.15, -0.1) is 11.3 Å². The van der Waals surface area contributed by atoms with Crippen LogP contribution in [0.15, 0.2) is 217 Å². The molecular formula is C55H35NOS. The highest BCUT2D eigenvalue weighted by Gasteiger charge is 2.46. The molecule has 1 aliphatic rings. The van der Waals surface area contributed by atoms with Crippen LogP contribution in [-0.2, 0) is 5.41 Å². The van der Waals surface area contributed by atoms with Crippen LogP contribution >= 0.6 is 11.3 Å². The lowest BCUT2D eigenvalue weighted by Gasteiger charge is -2.34. The molecular weight excluding hydrogens is 723 g/mol. The summed E-state index contributed by atoms with van der Waals surface area (Å²) in [7, 11) is 0. The highest BCUT2D eigenvalue weighted by atomic mass is 32.1. The van der Waals surface area contributed by atoms with Gasteiger partial charge in [-0.25, -0.2) is 0 Å². The van der Waals surface area contributed by atoms with E-state index in [1.54, 1.807) is 0 Å². The highest BCUT2D eigenvalue weighted by molar-refractivity contribution is 7.25. The maximum Gasteiger partial charge on any atom is 0.137 e. The van der Waals surface area contributed by atoms with Crippen molar-refractivity contribution in [2.24, 2.45) is 0 Å². The van der Waals surface area contributed by atoms with Crippen LogP contribution in [0.3, 0.4) is 0 Å². The Morgan fingerprint density at radius 1 is 0.362 bits per heavy atom. The number of fused-ring (bicyclic) bond motifs is 9. The standard InChI is InChI=1S/C55H35NOS/c1-3-13-38(14-4-1)55(39-15-5-2-6-16-39)49-20-10-7-17-43(49)44-30-25-37(33-50(44)55)36-23-26-40(27-24-36)56(41-28-31-46-45-18-8-11-21-51(45)57-52(46)34-41)42-29-32-48-47-19-9-12-22-53(47)58-54(48)35-42/h1-35H. The van der Waals surface area contributed by atoms with Crippen molar-refractivity contribution in [3.63, 3.8) is 0 Å². The van der Waals surface area contributed by atoms with Gasteiger partial charge in [0.1, 0.15) is 11.2 Å². The molecule has 58 heavy (non-hydrogen) atoms. The van der Waals surface area contributed by atoms with E-state index < -0.39 is 5.41 Å². The Balaban J connectivity index is 1.01. The molecule has 2 nitrogen and oxygen atoms in total. The van der Waals surface area contributed by atoms with E-state index in [0.717, 1.165) is 39.0 Å². The fourth-order valence-corrected chi connectivity index (χ4v) is 10.7. The van der Waals surface area contributed by atoms with Crippen LogP contribution in [-0.4, -0.2) is 0 Å². The number of furan rings is 1. The lowest BCUT2D eigenvalue weighted by molar-refractivity contribution is 0.669. The number of nitrogens with zero attached hydrogens (tertiary/aromatic N) is 1. The molecule has 12 rings (SSSR count). The van der Waals surface area contributed by atoms with E-state index in [2.05, 4.69) is 205 Å². The van der Waals surface area contributed by atoms with Crippen LogP contribution in [0, 0.1) is 0 Å². The van der Waals surface area contributed by atoms with Crippen LogP contribution in [0.1, 0.15) is 22.3 Å². The molecule has 0 bridgehead atoms. The van der Waals surface area contributed by atoms with Gasteiger partial charge in [0.2, 0.25) is 0 Å². The SMILES string of the molecule is c1ccc(C2(c3ccccc3)c3ccccc3-c3ccc(-c4ccc(N(c5ccc6c(c5)oc5ccccc56)c5ccc6c(c5)sc5ccccc56)cc4)cc32)cc1. The Kier molecular flexibility index (Phi) is 7.35. The van der Waals surface area contributed by atoms with Crippen molar-refractivity contribution >= 4 is 70.5 Å². The van der Waals surface area contributed by atoms with Crippen molar-refractivity contribution < 1.29 is 4.42 Å². The minimum atomic E-state index is -0.443. The van der Waals surface area contributed by atoms with Gasteiger partial charge in [-0.05, 0) is 99.1 Å². The summed E-state index contributed by atoms with van der Waals surface area (Å²) in [5.74, 6) is 0. The zero-order valence-corrected chi connectivity index (χ0v) is 32.3. The Labute approximate surface area is 340 Å². The van der Waals surface area contributed by atoms with Crippen molar-refractivity contribution in [1.29, 1.82) is 0 Å². The third-order valence-electron chi connectivity index (χ3n) is 12.2. The Hall–Kier alpha value is -7.20. The monoisotopic (exact) mass is 757 g/mol. The largest absolute Gasteiger partial charge is 0.456 e. The normalized spacial score (nSPS) is 13.0. The lowest BCUT2D eigenvalue weighted by Crippen LogP contribution is -2.28. The first kappa shape index (κ1) is 33.0. The van der Waals surface area contributed by atoms with Crippen molar-refractivity contribution in [2.75, 3.05) is 4.90 Å². The predicted molar refractivity (Wildman–Crippen MR) is 244 cm³/mol. The molecule has 2 heterocycles. The number of thiophene rings is 1. The molecule has 0 fully saturated rings. The van der Waals surface area contributed by atoms with Crippen LogP contribution < -0.4 is 4.90 Å². The molecule has 0 N–H and O–H groups in total. The third-order valence-corrected chi connectivity index (χ3v) is 13.3. The molecule has 0 aliphatic heterocycles. The van der Waals surface area contributed by atoms with E-state index in [4.69, 9.17) is 4.42 Å². The summed E-state index contributed by atoms with van der Waals surface area (Å²) in [6, 6.07) is 77.5. The van der Waals surface area contributed by atoms with Gasteiger partial charge in [-0.3, -0.25) is 0 Å². The van der Waals surface area contributed by atoms with E-state index in [-0.39, 0.29) is 0 Å². The number of hydrogen-bond donors (Lipinski definition) is 0. The van der Waals surface area contributed by atoms with Crippen molar-refractivity contribution in [1.82, 2.24) is 0 Å². The summed E-state index contributed by atoms with van der Waals surface area (Å²) in [6.07, 6.45) is 0. The summed E-state index contributed by atoms with van der Waals surface area (Å²) in [5, 5.41) is 4.84. The third kappa shape index (κ3) is 4.90. The average Bonchev–Trinajstić information content (AvgIpc) is 3.95. The highest BCUT2D eigenvalue weighted by Crippen LogP contribution is 2.56. The fourth-order valence-electron chi connectivity index (χ4n) is 9.58. The molecule has 0 unspecified atom stereocenters. The summed E-state index contributed by atoms with van der Waals surface area (Å²) in [4.78, 5) is 2.36. The second-order valence-electron chi connectivity index (χ2n) is 15.2. The Morgan fingerprint density at radius 2 is 0.931 bits per heavy atom. The first-order valence-electron chi connectivity index (χ1n) is 19.8. The topological polar surface area (TPSA) is 16.4 Å². The number of hydrogen-bond acceptors (Lipinski definition) is 3. The van der Waals surface area contributed by atoms with E-state index in [0.29, 0.717) is 0 Å². The molecule has 1 aliphatic carbocycles. The van der Waals surface area contributed by atoms with Crippen LogP contribution in [0.2, 0.25) is 0 Å². The lowest BCUT2D eigenvalue weighted by atomic mass is 9.67. The maximum absolute atomic E-state index is 6.42. The van der Waals surface area contributed by atoms with E-state index >= 15 is 0 Å². The minimum absolute atomic E-state index is 0.443. The first-order chi connectivity index (χ1) is 28.7. The van der Waals surface area contributed by atoms with Gasteiger partial charge in [0, 0.05) is 54.1 Å². The zero-order chi connectivity index (χ0) is 38.2. The van der Waals surface area contributed by atoms with Gasteiger partial charge in [-0.1, -0.05) is 152 Å². The number of para-hydroxylation sites is 1. The maximum atomic E-state index is 6.42. The smallest absolute Gasteiger partial charge is 0.137 e. The van der Waals surface area contributed by atoms with Gasteiger partial charge in [-0.2, -0.15) is 0 Å². The molecule has 9 aromatic carbocycles. The molecule has 0 saturated carbocycles. The molecule has 3 heteroatoms. The predicted octanol–water partition coefficient (Wildman–Crippen LogP) is 15.5. The number of benzene rings is 9. The van der Waals surface area contributed by atoms with Gasteiger partial charge in [0.25, 0.3) is 0 Å². The van der Waals surface area contributed by atoms with Crippen LogP contribution in [0.5, 0.6) is 0 Å². The molecule has 0 amide bonds. The van der Waals surface area contributed by atoms with E-state index in [1.807, 2.05) is 23.5 Å². The van der Waals surface area contributed by atoms with E-state index in [1.165, 1.54) is 64.7 Å². The van der Waals surface area contributed by atoms with Crippen molar-refractivity contribution in [3.8, 4) is 22.3 Å². The van der Waals surface area contributed by atoms with Crippen LogP contribution in [0.25, 0.3) is 64.4 Å². The van der Waals surface area contributed by atoms with Crippen molar-refractivity contribution in [2.45, 2.75) is 5.41 Å². The summed E-state index contributed by atoms with van der Waals surface area (Å²) >= 11 is 1.85. The first-order valence-corrected chi connectivity index (χ1v) is 20.6. The second-order valence-corrected chi connectivity index (χ2v) is 16.3. The zero-order valence-electron chi connectivity index (χ0n) is 31.5. The molecule has 0 atom stereocenters. The molecule has 0 spiro atoms. The summed E-state index contributed by atoms with van der Waals surface area (Å²) in [5.41, 5.74) is 14.7. The van der Waals surface area contributed by atoms with Crippen LogP contribution in [0.4, 0.5) is 17.1 Å². The number of rotatable bonds is 6. The molecule has 272 valence electrons. The molecule has 11 aromatic rings. The Bertz CT molecular complexity index is 3190. The summed E-state index contributed by atoms with van der Waals surface area (Å²) in [6.45, 7) is 0. The Morgan fingerprint density at radius 3 is 1.72 bits per heavy atom. The van der Waals surface area contributed by atoms with Gasteiger partial charge < -0.3 is 9.32 Å². The molecule has 0 radical (unpaired) electrons. The fraction of sp³-hybridized carbons (Fsp3) is 0.0182. The minimum Gasteiger partial charge on any atom is -0.456 e. The van der Waals surface area contributed by atoms with Gasteiger partial charge in [0.15, 0.2) is 0 Å².